The van der Waals surface area contributed by atoms with Crippen LogP contribution in [0.1, 0.15) is 40.5 Å². The number of anilines is 1. The SMILES string of the molecule is O=C(O)N1CCN(C(=O)c2ccc3[nH]cc(C4CCN(c5ccc6nnc(C(F)(F)F)n6n5)CC4)c3c2)CC1. The molecule has 0 radical (unpaired) electrons. The van der Waals surface area contributed by atoms with Gasteiger partial charge in [0.25, 0.3) is 11.7 Å². The molecule has 14 heteroatoms. The highest BCUT2D eigenvalue weighted by Gasteiger charge is 2.38. The van der Waals surface area contributed by atoms with Gasteiger partial charge in [-0.3, -0.25) is 4.79 Å². The molecular weight excluding hydrogens is 517 g/mol. The van der Waals surface area contributed by atoms with Crippen molar-refractivity contribution in [1.82, 2.24) is 34.6 Å². The van der Waals surface area contributed by atoms with Crippen molar-refractivity contribution in [2.75, 3.05) is 44.2 Å². The molecule has 6 rings (SSSR count). The normalized spacial score (nSPS) is 17.4. The second-order valence-corrected chi connectivity index (χ2v) is 9.81. The fourth-order valence-electron chi connectivity index (χ4n) is 5.44. The third kappa shape index (κ3) is 4.59. The van der Waals surface area contributed by atoms with Gasteiger partial charge >= 0.3 is 12.3 Å². The van der Waals surface area contributed by atoms with Crippen LogP contribution >= 0.6 is 0 Å². The summed E-state index contributed by atoms with van der Waals surface area (Å²) >= 11 is 0. The minimum atomic E-state index is -4.65. The molecular formula is C25H25F3N8O3. The lowest BCUT2D eigenvalue weighted by molar-refractivity contribution is -0.146. The number of alkyl halides is 3. The number of fused-ring (bicyclic) bond motifs is 2. The van der Waals surface area contributed by atoms with Crippen LogP contribution in [-0.4, -0.2) is 91.0 Å². The summed E-state index contributed by atoms with van der Waals surface area (Å²) in [5.74, 6) is -0.648. The molecule has 3 aromatic heterocycles. The monoisotopic (exact) mass is 542 g/mol. The Morgan fingerprint density at radius 2 is 1.67 bits per heavy atom. The fourth-order valence-corrected chi connectivity index (χ4v) is 5.44. The second kappa shape index (κ2) is 9.43. The Morgan fingerprint density at radius 3 is 2.36 bits per heavy atom. The Bertz CT molecular complexity index is 1550. The van der Waals surface area contributed by atoms with Crippen LogP contribution in [0.15, 0.2) is 36.5 Å². The summed E-state index contributed by atoms with van der Waals surface area (Å²) < 4.78 is 40.5. The topological polar surface area (TPSA) is 123 Å². The molecule has 204 valence electrons. The molecule has 0 aliphatic carbocycles. The van der Waals surface area contributed by atoms with E-state index in [4.69, 9.17) is 5.11 Å². The van der Waals surface area contributed by atoms with Crippen LogP contribution in [0.2, 0.25) is 0 Å². The molecule has 2 fully saturated rings. The highest BCUT2D eigenvalue weighted by molar-refractivity contribution is 5.99. The van der Waals surface area contributed by atoms with Gasteiger partial charge in [-0.25, -0.2) is 4.79 Å². The number of hydrogen-bond donors (Lipinski definition) is 2. The molecule has 0 spiro atoms. The van der Waals surface area contributed by atoms with Gasteiger partial charge in [0.15, 0.2) is 5.65 Å². The molecule has 2 aliphatic rings. The first-order chi connectivity index (χ1) is 18.7. The number of nitrogens with one attached hydrogen (secondary N) is 1. The molecule has 2 amide bonds. The minimum Gasteiger partial charge on any atom is -0.465 e. The molecule has 11 nitrogen and oxygen atoms in total. The number of aromatic nitrogens is 5. The van der Waals surface area contributed by atoms with Crippen molar-refractivity contribution in [3.05, 3.63) is 53.5 Å². The zero-order valence-corrected chi connectivity index (χ0v) is 20.7. The van der Waals surface area contributed by atoms with E-state index in [1.54, 1.807) is 17.0 Å². The number of nitrogens with zero attached hydrogens (tertiary/aromatic N) is 7. The van der Waals surface area contributed by atoms with E-state index >= 15 is 0 Å². The first kappa shape index (κ1) is 24.9. The van der Waals surface area contributed by atoms with Crippen molar-refractivity contribution in [1.29, 1.82) is 0 Å². The summed E-state index contributed by atoms with van der Waals surface area (Å²) in [6, 6.07) is 8.69. The number of hydrogen-bond acceptors (Lipinski definition) is 6. The molecule has 4 aromatic rings. The number of benzene rings is 1. The van der Waals surface area contributed by atoms with E-state index in [9.17, 15) is 22.8 Å². The van der Waals surface area contributed by atoms with Gasteiger partial charge in [-0.1, -0.05) is 0 Å². The summed E-state index contributed by atoms with van der Waals surface area (Å²) in [6.07, 6.45) is -2.15. The summed E-state index contributed by atoms with van der Waals surface area (Å²) in [6.45, 7) is 2.47. The highest BCUT2D eigenvalue weighted by atomic mass is 19.4. The van der Waals surface area contributed by atoms with Crippen LogP contribution in [-0.2, 0) is 6.18 Å². The number of carboxylic acid groups (broad SMARTS) is 1. The predicted molar refractivity (Wildman–Crippen MR) is 134 cm³/mol. The molecule has 5 heterocycles. The van der Waals surface area contributed by atoms with E-state index < -0.39 is 18.1 Å². The number of halogens is 3. The molecule has 0 unspecified atom stereocenters. The number of carbonyl (C=O) groups excluding carboxylic acids is 1. The van der Waals surface area contributed by atoms with Crippen molar-refractivity contribution in [3.63, 3.8) is 0 Å². The molecule has 1 aromatic carbocycles. The summed E-state index contributed by atoms with van der Waals surface area (Å²) in [5, 5.41) is 21.1. The van der Waals surface area contributed by atoms with E-state index in [-0.39, 0.29) is 30.6 Å². The van der Waals surface area contributed by atoms with Crippen LogP contribution in [0.3, 0.4) is 0 Å². The Hall–Kier alpha value is -4.36. The first-order valence-electron chi connectivity index (χ1n) is 12.6. The first-order valence-corrected chi connectivity index (χ1v) is 12.6. The number of aromatic amines is 1. The van der Waals surface area contributed by atoms with E-state index in [1.165, 1.54) is 11.0 Å². The number of piperidine rings is 1. The zero-order chi connectivity index (χ0) is 27.3. The third-order valence-corrected chi connectivity index (χ3v) is 7.56. The van der Waals surface area contributed by atoms with Gasteiger partial charge in [-0.15, -0.1) is 15.3 Å². The van der Waals surface area contributed by atoms with Crippen molar-refractivity contribution in [2.24, 2.45) is 0 Å². The number of H-pyrrole nitrogens is 1. The van der Waals surface area contributed by atoms with Gasteiger partial charge in [0.1, 0.15) is 5.82 Å². The standard InChI is InChI=1S/C25H25F3N8O3/c26-25(27,28)23-31-30-20-3-4-21(32-36(20)23)33-7-5-15(6-8-33)18-14-29-19-2-1-16(13-17(18)19)22(37)34-9-11-35(12-10-34)24(38)39/h1-4,13-15,29H,5-12H2,(H,38,39). The maximum absolute atomic E-state index is 13.3. The van der Waals surface area contributed by atoms with E-state index in [2.05, 4.69) is 20.3 Å². The van der Waals surface area contributed by atoms with Crippen LogP contribution in [0, 0.1) is 0 Å². The molecule has 0 saturated carbocycles. The lowest BCUT2D eigenvalue weighted by Gasteiger charge is -2.33. The average Bonchev–Trinajstić information content (AvgIpc) is 3.56. The summed E-state index contributed by atoms with van der Waals surface area (Å²) in [5.41, 5.74) is 2.60. The maximum Gasteiger partial charge on any atom is 0.453 e. The fraction of sp³-hybridized carbons (Fsp3) is 0.400. The molecule has 2 aliphatic heterocycles. The van der Waals surface area contributed by atoms with E-state index in [1.807, 2.05) is 23.2 Å². The van der Waals surface area contributed by atoms with Crippen LogP contribution < -0.4 is 4.90 Å². The van der Waals surface area contributed by atoms with Crippen molar-refractivity contribution < 1.29 is 27.9 Å². The van der Waals surface area contributed by atoms with Crippen molar-refractivity contribution >= 4 is 34.4 Å². The molecule has 0 atom stereocenters. The van der Waals surface area contributed by atoms with Gasteiger partial charge in [0, 0.05) is 61.9 Å². The number of rotatable bonds is 3. The van der Waals surface area contributed by atoms with Crippen LogP contribution in [0.5, 0.6) is 0 Å². The second-order valence-electron chi connectivity index (χ2n) is 9.81. The van der Waals surface area contributed by atoms with Crippen molar-refractivity contribution in [3.8, 4) is 0 Å². The Morgan fingerprint density at radius 1 is 0.949 bits per heavy atom. The van der Waals surface area contributed by atoms with Gasteiger partial charge in [0.2, 0.25) is 0 Å². The van der Waals surface area contributed by atoms with E-state index in [0.717, 1.165) is 33.8 Å². The van der Waals surface area contributed by atoms with Gasteiger partial charge in [0.05, 0.1) is 0 Å². The predicted octanol–water partition coefficient (Wildman–Crippen LogP) is 3.44. The third-order valence-electron chi connectivity index (χ3n) is 7.56. The van der Waals surface area contributed by atoms with Gasteiger partial charge in [-0.2, -0.15) is 17.7 Å². The summed E-state index contributed by atoms with van der Waals surface area (Å²) in [4.78, 5) is 32.5. The van der Waals surface area contributed by atoms with Gasteiger partial charge in [-0.05, 0) is 54.7 Å². The van der Waals surface area contributed by atoms with Crippen molar-refractivity contribution in [2.45, 2.75) is 24.9 Å². The highest BCUT2D eigenvalue weighted by Crippen LogP contribution is 2.35. The Labute approximate surface area is 219 Å². The molecule has 2 N–H and O–H groups in total. The number of piperazine rings is 1. The molecule has 0 bridgehead atoms. The average molecular weight is 543 g/mol. The number of amides is 2. The quantitative estimate of drug-likeness (QED) is 0.407. The Kier molecular flexibility index (Phi) is 6.03. The lowest BCUT2D eigenvalue weighted by Crippen LogP contribution is -2.50. The Balaban J connectivity index is 1.17. The molecule has 2 saturated heterocycles. The van der Waals surface area contributed by atoms with Crippen LogP contribution in [0.25, 0.3) is 16.6 Å². The van der Waals surface area contributed by atoms with Gasteiger partial charge < -0.3 is 24.8 Å². The maximum atomic E-state index is 13.3. The van der Waals surface area contributed by atoms with Crippen LogP contribution in [0.4, 0.5) is 23.8 Å². The zero-order valence-electron chi connectivity index (χ0n) is 20.7. The van der Waals surface area contributed by atoms with E-state index in [0.29, 0.717) is 37.6 Å². The smallest absolute Gasteiger partial charge is 0.453 e. The lowest BCUT2D eigenvalue weighted by atomic mass is 9.89. The largest absolute Gasteiger partial charge is 0.465 e. The summed E-state index contributed by atoms with van der Waals surface area (Å²) in [7, 11) is 0. The number of carbonyl (C=O) groups is 2. The minimum absolute atomic E-state index is 0.0360. The molecule has 39 heavy (non-hydrogen) atoms.